The third-order valence-electron chi connectivity index (χ3n) is 5.24. The zero-order valence-corrected chi connectivity index (χ0v) is 14.9. The van der Waals surface area contributed by atoms with E-state index in [1.807, 2.05) is 29.2 Å². The molecule has 0 aromatic heterocycles. The molecule has 5 nitrogen and oxygen atoms in total. The van der Waals surface area contributed by atoms with Crippen LogP contribution in [0.3, 0.4) is 0 Å². The van der Waals surface area contributed by atoms with E-state index < -0.39 is 0 Å². The van der Waals surface area contributed by atoms with E-state index in [-0.39, 0.29) is 11.8 Å². The molecule has 0 atom stereocenters. The first-order valence-corrected chi connectivity index (χ1v) is 9.58. The maximum absolute atomic E-state index is 12.2. The molecule has 136 valence electrons. The van der Waals surface area contributed by atoms with Gasteiger partial charge in [-0.2, -0.15) is 0 Å². The number of piperidine rings is 2. The van der Waals surface area contributed by atoms with Gasteiger partial charge in [-0.25, -0.2) is 0 Å². The first kappa shape index (κ1) is 17.9. The minimum atomic E-state index is 0.0877. The molecule has 2 amide bonds. The highest BCUT2D eigenvalue weighted by atomic mass is 16.2. The van der Waals surface area contributed by atoms with Crippen LogP contribution in [0, 0.1) is 5.92 Å². The van der Waals surface area contributed by atoms with Gasteiger partial charge in [0, 0.05) is 31.6 Å². The fraction of sp³-hybridized carbons (Fsp3) is 0.600. The van der Waals surface area contributed by atoms with Crippen molar-refractivity contribution >= 4 is 17.5 Å². The number of carbonyl (C=O) groups excluding carboxylic acids is 2. The van der Waals surface area contributed by atoms with Crippen LogP contribution in [0.4, 0.5) is 5.69 Å². The van der Waals surface area contributed by atoms with Crippen LogP contribution >= 0.6 is 0 Å². The number of nitrogens with zero attached hydrogens (tertiary/aromatic N) is 1. The standard InChI is InChI=1S/C20H29N3O2/c24-19(8-7-16-9-11-21-12-10-16)22-18-5-3-4-17(14-18)15-23-13-2-1-6-20(23)25/h3-5,14,16,21H,1-2,6-13,15H2,(H,22,24). The summed E-state index contributed by atoms with van der Waals surface area (Å²) in [6, 6.07) is 7.88. The van der Waals surface area contributed by atoms with Gasteiger partial charge in [-0.1, -0.05) is 12.1 Å². The van der Waals surface area contributed by atoms with E-state index in [2.05, 4.69) is 10.6 Å². The number of amides is 2. The van der Waals surface area contributed by atoms with Crippen LogP contribution in [0.25, 0.3) is 0 Å². The van der Waals surface area contributed by atoms with Crippen molar-refractivity contribution in [1.82, 2.24) is 10.2 Å². The molecule has 2 heterocycles. The molecule has 3 rings (SSSR count). The summed E-state index contributed by atoms with van der Waals surface area (Å²) in [5, 5.41) is 6.37. The van der Waals surface area contributed by atoms with E-state index in [0.29, 0.717) is 25.3 Å². The van der Waals surface area contributed by atoms with Gasteiger partial charge in [0.25, 0.3) is 0 Å². The number of rotatable bonds is 6. The third-order valence-corrected chi connectivity index (χ3v) is 5.24. The Bertz CT molecular complexity index is 596. The number of anilines is 1. The maximum atomic E-state index is 12.2. The second-order valence-electron chi connectivity index (χ2n) is 7.25. The Kier molecular flexibility index (Phi) is 6.45. The van der Waals surface area contributed by atoms with E-state index in [4.69, 9.17) is 0 Å². The first-order chi connectivity index (χ1) is 12.2. The Labute approximate surface area is 150 Å². The van der Waals surface area contributed by atoms with Crippen LogP contribution in [0.5, 0.6) is 0 Å². The molecule has 0 saturated carbocycles. The Morgan fingerprint density at radius 1 is 1.24 bits per heavy atom. The van der Waals surface area contributed by atoms with Gasteiger partial charge >= 0.3 is 0 Å². The lowest BCUT2D eigenvalue weighted by molar-refractivity contribution is -0.133. The van der Waals surface area contributed by atoms with Crippen LogP contribution in [-0.4, -0.2) is 36.3 Å². The SMILES string of the molecule is O=C(CCC1CCNCC1)Nc1cccc(CN2CCCCC2=O)c1. The first-order valence-electron chi connectivity index (χ1n) is 9.58. The van der Waals surface area contributed by atoms with Gasteiger partial charge in [0.15, 0.2) is 0 Å². The van der Waals surface area contributed by atoms with Crippen molar-refractivity contribution in [1.29, 1.82) is 0 Å². The van der Waals surface area contributed by atoms with Crippen molar-refractivity contribution in [2.75, 3.05) is 25.0 Å². The molecule has 0 unspecified atom stereocenters. The average Bonchev–Trinajstić information content (AvgIpc) is 2.63. The molecule has 0 bridgehead atoms. The minimum absolute atomic E-state index is 0.0877. The van der Waals surface area contributed by atoms with Crippen molar-refractivity contribution in [2.24, 2.45) is 5.92 Å². The molecule has 2 saturated heterocycles. The second kappa shape index (κ2) is 8.99. The summed E-state index contributed by atoms with van der Waals surface area (Å²) < 4.78 is 0. The molecule has 0 spiro atoms. The van der Waals surface area contributed by atoms with Crippen molar-refractivity contribution < 1.29 is 9.59 Å². The Morgan fingerprint density at radius 3 is 2.88 bits per heavy atom. The normalized spacial score (nSPS) is 19.0. The Morgan fingerprint density at radius 2 is 2.08 bits per heavy atom. The smallest absolute Gasteiger partial charge is 0.224 e. The van der Waals surface area contributed by atoms with Gasteiger partial charge < -0.3 is 15.5 Å². The molecule has 1 aromatic rings. The highest BCUT2D eigenvalue weighted by Crippen LogP contribution is 2.20. The van der Waals surface area contributed by atoms with Gasteiger partial charge in [-0.15, -0.1) is 0 Å². The molecule has 2 aliphatic heterocycles. The van der Waals surface area contributed by atoms with Crippen molar-refractivity contribution in [3.05, 3.63) is 29.8 Å². The molecule has 2 N–H and O–H groups in total. The largest absolute Gasteiger partial charge is 0.338 e. The molecular weight excluding hydrogens is 314 g/mol. The van der Waals surface area contributed by atoms with Crippen molar-refractivity contribution in [2.45, 2.75) is 51.5 Å². The number of carbonyl (C=O) groups is 2. The van der Waals surface area contributed by atoms with E-state index in [9.17, 15) is 9.59 Å². The molecule has 2 aliphatic rings. The molecular formula is C20H29N3O2. The van der Waals surface area contributed by atoms with E-state index in [1.54, 1.807) is 0 Å². The number of hydrogen-bond acceptors (Lipinski definition) is 3. The van der Waals surface area contributed by atoms with Crippen LogP contribution in [-0.2, 0) is 16.1 Å². The summed E-state index contributed by atoms with van der Waals surface area (Å²) in [7, 11) is 0. The lowest BCUT2D eigenvalue weighted by Crippen LogP contribution is -2.34. The topological polar surface area (TPSA) is 61.4 Å². The van der Waals surface area contributed by atoms with Gasteiger partial charge in [-0.3, -0.25) is 9.59 Å². The predicted molar refractivity (Wildman–Crippen MR) is 99.2 cm³/mol. The number of hydrogen-bond donors (Lipinski definition) is 2. The van der Waals surface area contributed by atoms with E-state index >= 15 is 0 Å². The summed E-state index contributed by atoms with van der Waals surface area (Å²) in [5.74, 6) is 0.996. The van der Waals surface area contributed by atoms with E-state index in [1.165, 1.54) is 12.8 Å². The molecule has 1 aromatic carbocycles. The van der Waals surface area contributed by atoms with Crippen molar-refractivity contribution in [3.63, 3.8) is 0 Å². The predicted octanol–water partition coefficient (Wildman–Crippen LogP) is 2.92. The van der Waals surface area contributed by atoms with E-state index in [0.717, 1.165) is 50.1 Å². The molecule has 0 radical (unpaired) electrons. The number of likely N-dealkylation sites (tertiary alicyclic amines) is 1. The van der Waals surface area contributed by atoms with Crippen LogP contribution in [0.15, 0.2) is 24.3 Å². The summed E-state index contributed by atoms with van der Waals surface area (Å²) >= 11 is 0. The monoisotopic (exact) mass is 343 g/mol. The number of benzene rings is 1. The summed E-state index contributed by atoms with van der Waals surface area (Å²) in [6.45, 7) is 3.62. The van der Waals surface area contributed by atoms with Crippen LogP contribution in [0.1, 0.15) is 50.5 Å². The zero-order valence-electron chi connectivity index (χ0n) is 14.9. The van der Waals surface area contributed by atoms with Gasteiger partial charge in [0.05, 0.1) is 0 Å². The second-order valence-corrected chi connectivity index (χ2v) is 7.25. The fourth-order valence-corrected chi connectivity index (χ4v) is 3.73. The molecule has 5 heteroatoms. The molecule has 2 fully saturated rings. The van der Waals surface area contributed by atoms with Crippen LogP contribution in [0.2, 0.25) is 0 Å². The van der Waals surface area contributed by atoms with Gasteiger partial charge in [0.2, 0.25) is 11.8 Å². The summed E-state index contributed by atoms with van der Waals surface area (Å²) in [6.07, 6.45) is 6.64. The minimum Gasteiger partial charge on any atom is -0.338 e. The third kappa shape index (κ3) is 5.56. The summed E-state index contributed by atoms with van der Waals surface area (Å²) in [5.41, 5.74) is 1.91. The lowest BCUT2D eigenvalue weighted by atomic mass is 9.93. The summed E-state index contributed by atoms with van der Waals surface area (Å²) in [4.78, 5) is 26.1. The molecule has 25 heavy (non-hydrogen) atoms. The fourth-order valence-electron chi connectivity index (χ4n) is 3.73. The Balaban J connectivity index is 1.48. The average molecular weight is 343 g/mol. The highest BCUT2D eigenvalue weighted by Gasteiger charge is 2.18. The quantitative estimate of drug-likeness (QED) is 0.835. The maximum Gasteiger partial charge on any atom is 0.224 e. The van der Waals surface area contributed by atoms with Crippen molar-refractivity contribution in [3.8, 4) is 0 Å². The number of nitrogens with one attached hydrogen (secondary N) is 2. The highest BCUT2D eigenvalue weighted by molar-refractivity contribution is 5.90. The Hall–Kier alpha value is -1.88. The van der Waals surface area contributed by atoms with Gasteiger partial charge in [0.1, 0.15) is 0 Å². The lowest BCUT2D eigenvalue weighted by Gasteiger charge is -2.26. The molecule has 0 aliphatic carbocycles. The zero-order chi connectivity index (χ0) is 17.5. The van der Waals surface area contributed by atoms with Crippen LogP contribution < -0.4 is 10.6 Å². The van der Waals surface area contributed by atoms with Gasteiger partial charge in [-0.05, 0) is 68.8 Å².